The Labute approximate surface area is 264 Å². The Balaban J connectivity index is 1.74. The van der Waals surface area contributed by atoms with Crippen LogP contribution in [0.3, 0.4) is 0 Å². The predicted octanol–water partition coefficient (Wildman–Crippen LogP) is 7.07. The molecule has 0 aromatic heterocycles. The smallest absolute Gasteiger partial charge is 0.127 e. The summed E-state index contributed by atoms with van der Waals surface area (Å²) in [5.41, 5.74) is 4.20. The molecule has 0 bridgehead atoms. The minimum absolute atomic E-state index is 0.0894. The minimum atomic E-state index is -0.0894. The molecule has 1 aliphatic rings. The molecule has 3 aromatic rings. The number of anilines is 1. The zero-order chi connectivity index (χ0) is 30.1. The molecule has 1 aliphatic heterocycles. The molecule has 4 rings (SSSR count). The highest BCUT2D eigenvalue weighted by atomic mass is 35.5. The lowest BCUT2D eigenvalue weighted by Gasteiger charge is -2.45. The molecule has 7 nitrogen and oxygen atoms in total. The Morgan fingerprint density at radius 2 is 1.24 bits per heavy atom. The summed E-state index contributed by atoms with van der Waals surface area (Å²) in [4.78, 5) is 7.08. The van der Waals surface area contributed by atoms with Crippen LogP contribution in [0.4, 0.5) is 5.69 Å². The van der Waals surface area contributed by atoms with Crippen LogP contribution in [0.15, 0.2) is 54.6 Å². The fourth-order valence-electron chi connectivity index (χ4n) is 5.58. The number of halogens is 3. The molecule has 1 fully saturated rings. The highest BCUT2D eigenvalue weighted by Gasteiger charge is 2.33. The van der Waals surface area contributed by atoms with Crippen molar-refractivity contribution >= 4 is 40.5 Å². The first-order chi connectivity index (χ1) is 20.5. The molecule has 0 aliphatic carbocycles. The molecule has 3 aromatic carbocycles. The maximum Gasteiger partial charge on any atom is 0.127 e. The number of alkyl halides is 2. The van der Waals surface area contributed by atoms with Crippen LogP contribution < -0.4 is 23.8 Å². The number of hydrogen-bond donors (Lipinski definition) is 0. The highest BCUT2D eigenvalue weighted by molar-refractivity contribution is 6.31. The van der Waals surface area contributed by atoms with Gasteiger partial charge >= 0.3 is 0 Å². The van der Waals surface area contributed by atoms with Gasteiger partial charge < -0.3 is 23.8 Å². The van der Waals surface area contributed by atoms with Gasteiger partial charge in [-0.15, -0.1) is 23.2 Å². The second kappa shape index (κ2) is 15.8. The van der Waals surface area contributed by atoms with Gasteiger partial charge in [0.25, 0.3) is 0 Å². The minimum Gasteiger partial charge on any atom is -0.497 e. The van der Waals surface area contributed by atoms with Crippen LogP contribution in [0.1, 0.15) is 29.3 Å². The average molecular weight is 637 g/mol. The van der Waals surface area contributed by atoms with Gasteiger partial charge in [0.05, 0.1) is 34.6 Å². The third kappa shape index (κ3) is 7.69. The van der Waals surface area contributed by atoms with Gasteiger partial charge in [0.2, 0.25) is 0 Å². The van der Waals surface area contributed by atoms with E-state index in [1.54, 1.807) is 28.4 Å². The lowest BCUT2D eigenvalue weighted by molar-refractivity contribution is -0.00972. The number of rotatable bonds is 14. The van der Waals surface area contributed by atoms with Crippen molar-refractivity contribution in [2.75, 3.05) is 71.3 Å². The monoisotopic (exact) mass is 635 g/mol. The Morgan fingerprint density at radius 3 is 1.67 bits per heavy atom. The van der Waals surface area contributed by atoms with Gasteiger partial charge in [0.1, 0.15) is 23.0 Å². The average Bonchev–Trinajstić information content (AvgIpc) is 3.01. The van der Waals surface area contributed by atoms with Crippen molar-refractivity contribution < 1.29 is 18.9 Å². The first-order valence-corrected chi connectivity index (χ1v) is 15.5. The summed E-state index contributed by atoms with van der Waals surface area (Å²) in [6.45, 7) is 4.55. The summed E-state index contributed by atoms with van der Waals surface area (Å²) in [5, 5.41) is 0.701. The van der Waals surface area contributed by atoms with Crippen molar-refractivity contribution in [1.82, 2.24) is 9.80 Å². The molecule has 10 heteroatoms. The number of methoxy groups -OCH3 is 4. The first-order valence-electron chi connectivity index (χ1n) is 14.0. The fraction of sp³-hybridized carbons (Fsp3) is 0.438. The van der Waals surface area contributed by atoms with E-state index in [2.05, 4.69) is 39.0 Å². The van der Waals surface area contributed by atoms with Gasteiger partial charge in [0, 0.05) is 90.6 Å². The predicted molar refractivity (Wildman–Crippen MR) is 172 cm³/mol. The normalized spacial score (nSPS) is 14.5. The van der Waals surface area contributed by atoms with Gasteiger partial charge in [-0.2, -0.15) is 0 Å². The van der Waals surface area contributed by atoms with E-state index in [-0.39, 0.29) is 6.17 Å². The molecule has 1 saturated heterocycles. The number of benzene rings is 3. The van der Waals surface area contributed by atoms with E-state index in [0.717, 1.165) is 64.9 Å². The third-order valence-corrected chi connectivity index (χ3v) is 8.32. The molecular weight excluding hydrogens is 597 g/mol. The number of hydrogen-bond acceptors (Lipinski definition) is 7. The molecule has 1 heterocycles. The molecule has 0 N–H and O–H groups in total. The molecular formula is C32H40Cl3N3O4. The summed E-state index contributed by atoms with van der Waals surface area (Å²) in [6.07, 6.45) is 0.913. The van der Waals surface area contributed by atoms with Gasteiger partial charge in [0.15, 0.2) is 0 Å². The summed E-state index contributed by atoms with van der Waals surface area (Å²) < 4.78 is 22.4. The van der Waals surface area contributed by atoms with Crippen molar-refractivity contribution in [1.29, 1.82) is 0 Å². The lowest BCUT2D eigenvalue weighted by Crippen LogP contribution is -2.47. The fourth-order valence-corrected chi connectivity index (χ4v) is 6.26. The van der Waals surface area contributed by atoms with Gasteiger partial charge in [-0.3, -0.25) is 9.80 Å². The Hall–Kier alpha value is -2.55. The molecule has 0 saturated carbocycles. The van der Waals surface area contributed by atoms with Crippen LogP contribution in [0.25, 0.3) is 0 Å². The standard InChI is InChI=1S/C32H40Cl3N3O4/c1-39-26-9-6-23(30(19-26)41-3)21-37-14-5-15-38(22-24-7-10-27(40-2)20-31(24)42-4)32(37)28-11-8-25(18-29(28)35)36(16-12-33)17-13-34/h6-11,18-20,32H,5,12-17,21-22H2,1-4H3. The highest BCUT2D eigenvalue weighted by Crippen LogP contribution is 2.39. The van der Waals surface area contributed by atoms with Gasteiger partial charge in [-0.05, 0) is 30.7 Å². The van der Waals surface area contributed by atoms with Crippen molar-refractivity contribution in [2.45, 2.75) is 25.7 Å². The van der Waals surface area contributed by atoms with Crippen molar-refractivity contribution in [2.24, 2.45) is 0 Å². The SMILES string of the molecule is COc1ccc(CN2CCCN(Cc3ccc(OC)cc3OC)C2c2ccc(N(CCCl)CCCl)cc2Cl)c(OC)c1. The topological polar surface area (TPSA) is 46.6 Å². The first kappa shape index (κ1) is 32.4. The van der Waals surface area contributed by atoms with Crippen LogP contribution >= 0.6 is 34.8 Å². The maximum absolute atomic E-state index is 7.11. The Morgan fingerprint density at radius 1 is 0.714 bits per heavy atom. The summed E-state index contributed by atoms with van der Waals surface area (Å²) in [7, 11) is 6.70. The van der Waals surface area contributed by atoms with Crippen molar-refractivity contribution in [3.63, 3.8) is 0 Å². The lowest BCUT2D eigenvalue weighted by atomic mass is 10.0. The molecule has 0 radical (unpaired) electrons. The zero-order valence-electron chi connectivity index (χ0n) is 24.7. The van der Waals surface area contributed by atoms with E-state index in [4.69, 9.17) is 53.8 Å². The largest absolute Gasteiger partial charge is 0.497 e. The molecule has 0 amide bonds. The maximum atomic E-state index is 7.11. The van der Waals surface area contributed by atoms with E-state index in [0.29, 0.717) is 43.0 Å². The van der Waals surface area contributed by atoms with Crippen LogP contribution in [0.5, 0.6) is 23.0 Å². The van der Waals surface area contributed by atoms with E-state index in [1.165, 1.54) is 0 Å². The quantitative estimate of drug-likeness (QED) is 0.176. The molecule has 228 valence electrons. The molecule has 0 spiro atoms. The van der Waals surface area contributed by atoms with Crippen LogP contribution in [-0.2, 0) is 13.1 Å². The van der Waals surface area contributed by atoms with Crippen LogP contribution in [0, 0.1) is 0 Å². The van der Waals surface area contributed by atoms with Gasteiger partial charge in [-0.1, -0.05) is 29.8 Å². The second-order valence-corrected chi connectivity index (χ2v) is 11.3. The number of nitrogens with zero attached hydrogens (tertiary/aromatic N) is 3. The van der Waals surface area contributed by atoms with Crippen LogP contribution in [-0.4, -0.2) is 76.2 Å². The van der Waals surface area contributed by atoms with Crippen molar-refractivity contribution in [3.8, 4) is 23.0 Å². The van der Waals surface area contributed by atoms with Crippen molar-refractivity contribution in [3.05, 3.63) is 76.3 Å². The Kier molecular flexibility index (Phi) is 12.2. The zero-order valence-corrected chi connectivity index (χ0v) is 27.0. The third-order valence-electron chi connectivity index (χ3n) is 7.65. The summed E-state index contributed by atoms with van der Waals surface area (Å²) >= 11 is 19.3. The summed E-state index contributed by atoms with van der Waals surface area (Å²) in [5.74, 6) is 4.12. The molecule has 42 heavy (non-hydrogen) atoms. The second-order valence-electron chi connectivity index (χ2n) is 10.1. The molecule has 0 unspecified atom stereocenters. The Bertz CT molecular complexity index is 1240. The van der Waals surface area contributed by atoms with E-state index < -0.39 is 0 Å². The summed E-state index contributed by atoms with van der Waals surface area (Å²) in [6, 6.07) is 18.2. The van der Waals surface area contributed by atoms with Gasteiger partial charge in [-0.25, -0.2) is 0 Å². The van der Waals surface area contributed by atoms with Crippen LogP contribution in [0.2, 0.25) is 5.02 Å². The van der Waals surface area contributed by atoms with E-state index >= 15 is 0 Å². The molecule has 0 atom stereocenters. The van der Waals surface area contributed by atoms with E-state index in [9.17, 15) is 0 Å². The number of ether oxygens (including phenoxy) is 4. The van der Waals surface area contributed by atoms with E-state index in [1.807, 2.05) is 30.3 Å².